The van der Waals surface area contributed by atoms with Crippen molar-refractivity contribution in [3.8, 4) is 11.6 Å². The fourth-order valence-corrected chi connectivity index (χ4v) is 3.16. The van der Waals surface area contributed by atoms with Gasteiger partial charge in [-0.3, -0.25) is 4.79 Å². The van der Waals surface area contributed by atoms with Crippen LogP contribution in [0.25, 0.3) is 11.6 Å². The molecule has 0 saturated carbocycles. The number of aryl methyl sites for hydroxylation is 1. The number of oxazole rings is 1. The summed E-state index contributed by atoms with van der Waals surface area (Å²) in [6.45, 7) is 1.74. The minimum absolute atomic E-state index is 0.0397. The number of nitrogens with zero attached hydrogens (tertiary/aromatic N) is 3. The number of amides is 1. The van der Waals surface area contributed by atoms with E-state index in [9.17, 15) is 4.79 Å². The molecule has 126 valence electrons. The van der Waals surface area contributed by atoms with Crippen LogP contribution in [0.4, 0.5) is 5.82 Å². The van der Waals surface area contributed by atoms with E-state index < -0.39 is 0 Å². The summed E-state index contributed by atoms with van der Waals surface area (Å²) in [7, 11) is 0. The van der Waals surface area contributed by atoms with Gasteiger partial charge >= 0.3 is 0 Å². The summed E-state index contributed by atoms with van der Waals surface area (Å²) in [4.78, 5) is 25.2. The van der Waals surface area contributed by atoms with Crippen molar-refractivity contribution in [3.05, 3.63) is 59.2 Å². The highest BCUT2D eigenvalue weighted by atomic mass is 16.3. The van der Waals surface area contributed by atoms with Crippen molar-refractivity contribution in [2.45, 2.75) is 25.8 Å². The third kappa shape index (κ3) is 2.84. The van der Waals surface area contributed by atoms with Gasteiger partial charge in [-0.1, -0.05) is 24.3 Å². The summed E-state index contributed by atoms with van der Waals surface area (Å²) in [6, 6.07) is 8.24. The number of fused-ring (bicyclic) bond motifs is 1. The second kappa shape index (κ2) is 6.01. The van der Waals surface area contributed by atoms with Gasteiger partial charge in [0.1, 0.15) is 12.0 Å². The lowest BCUT2D eigenvalue weighted by molar-refractivity contribution is 0.0934. The third-order valence-electron chi connectivity index (χ3n) is 4.33. The molecule has 3 aromatic rings. The minimum Gasteiger partial charge on any atom is -0.443 e. The van der Waals surface area contributed by atoms with Gasteiger partial charge in [0.15, 0.2) is 11.5 Å². The normalized spacial score (nSPS) is 13.6. The summed E-state index contributed by atoms with van der Waals surface area (Å²) in [6.07, 6.45) is 4.58. The van der Waals surface area contributed by atoms with E-state index in [-0.39, 0.29) is 23.5 Å². The lowest BCUT2D eigenvalue weighted by atomic mass is 10.1. The molecule has 7 heteroatoms. The van der Waals surface area contributed by atoms with Crippen molar-refractivity contribution in [3.63, 3.8) is 0 Å². The predicted octanol–water partition coefficient (Wildman–Crippen LogP) is 1.92. The fraction of sp³-hybridized carbons (Fsp3) is 0.222. The van der Waals surface area contributed by atoms with Crippen molar-refractivity contribution in [1.82, 2.24) is 20.3 Å². The van der Waals surface area contributed by atoms with Crippen molar-refractivity contribution in [2.75, 3.05) is 5.73 Å². The number of anilines is 1. The largest absolute Gasteiger partial charge is 0.443 e. The molecular weight excluding hydrogens is 318 g/mol. The number of carbonyl (C=O) groups is 1. The van der Waals surface area contributed by atoms with Gasteiger partial charge in [-0.15, -0.1) is 0 Å². The first-order chi connectivity index (χ1) is 12.1. The number of rotatable bonds is 3. The molecule has 1 amide bonds. The number of hydrogen-bond acceptors (Lipinski definition) is 6. The Labute approximate surface area is 144 Å². The molecule has 0 saturated heterocycles. The standard InChI is InChI=1S/C18H17N5O2/c1-10-14(18-20-6-7-25-18)23-16(19)15(21-10)17(24)22-13-8-11-4-2-3-5-12(11)9-13/h2-7,13H,8-9H2,1H3,(H2,19,23)(H,22,24). The van der Waals surface area contributed by atoms with Gasteiger partial charge in [-0.05, 0) is 30.9 Å². The Bertz CT molecular complexity index is 912. The Balaban J connectivity index is 1.54. The molecule has 0 aliphatic heterocycles. The minimum atomic E-state index is -0.315. The summed E-state index contributed by atoms with van der Waals surface area (Å²) in [5.41, 5.74) is 9.59. The summed E-state index contributed by atoms with van der Waals surface area (Å²) in [5.74, 6) is 0.0755. The van der Waals surface area contributed by atoms with Gasteiger partial charge in [-0.2, -0.15) is 0 Å². The van der Waals surface area contributed by atoms with Crippen LogP contribution < -0.4 is 11.1 Å². The molecule has 0 fully saturated rings. The van der Waals surface area contributed by atoms with E-state index in [4.69, 9.17) is 10.2 Å². The molecule has 0 atom stereocenters. The molecule has 1 aromatic carbocycles. The van der Waals surface area contributed by atoms with Crippen LogP contribution in [-0.2, 0) is 12.8 Å². The quantitative estimate of drug-likeness (QED) is 0.757. The van der Waals surface area contributed by atoms with Crippen LogP contribution >= 0.6 is 0 Å². The van der Waals surface area contributed by atoms with Crippen molar-refractivity contribution < 1.29 is 9.21 Å². The molecule has 1 aliphatic carbocycles. The Morgan fingerprint density at radius 3 is 2.60 bits per heavy atom. The lowest BCUT2D eigenvalue weighted by Gasteiger charge is -2.13. The fourth-order valence-electron chi connectivity index (χ4n) is 3.16. The number of nitrogens with one attached hydrogen (secondary N) is 1. The maximum atomic E-state index is 12.6. The number of benzene rings is 1. The van der Waals surface area contributed by atoms with Crippen LogP contribution in [0.2, 0.25) is 0 Å². The van der Waals surface area contributed by atoms with E-state index in [0.29, 0.717) is 17.3 Å². The number of nitrogen functional groups attached to an aromatic ring is 1. The number of aromatic nitrogens is 3. The number of nitrogens with two attached hydrogens (primary N) is 1. The Morgan fingerprint density at radius 2 is 1.96 bits per heavy atom. The maximum absolute atomic E-state index is 12.6. The number of carbonyl (C=O) groups excluding carboxylic acids is 1. The second-order valence-electron chi connectivity index (χ2n) is 6.08. The van der Waals surface area contributed by atoms with E-state index in [2.05, 4.69) is 32.4 Å². The van der Waals surface area contributed by atoms with Crippen LogP contribution in [0, 0.1) is 6.92 Å². The SMILES string of the molecule is Cc1nc(C(=O)NC2Cc3ccccc3C2)c(N)nc1-c1ncco1. The van der Waals surface area contributed by atoms with Gasteiger partial charge in [0.25, 0.3) is 5.91 Å². The molecule has 3 N–H and O–H groups in total. The van der Waals surface area contributed by atoms with E-state index in [1.807, 2.05) is 12.1 Å². The van der Waals surface area contributed by atoms with E-state index >= 15 is 0 Å². The summed E-state index contributed by atoms with van der Waals surface area (Å²) >= 11 is 0. The molecule has 7 nitrogen and oxygen atoms in total. The van der Waals surface area contributed by atoms with Gasteiger partial charge in [0, 0.05) is 6.04 Å². The highest BCUT2D eigenvalue weighted by Crippen LogP contribution is 2.23. The predicted molar refractivity (Wildman–Crippen MR) is 91.8 cm³/mol. The molecule has 0 radical (unpaired) electrons. The van der Waals surface area contributed by atoms with E-state index in [1.165, 1.54) is 23.6 Å². The monoisotopic (exact) mass is 335 g/mol. The van der Waals surface area contributed by atoms with Crippen molar-refractivity contribution in [2.24, 2.45) is 0 Å². The van der Waals surface area contributed by atoms with Gasteiger partial charge in [0.2, 0.25) is 5.89 Å². The van der Waals surface area contributed by atoms with E-state index in [0.717, 1.165) is 12.8 Å². The zero-order chi connectivity index (χ0) is 17.4. The summed E-state index contributed by atoms with van der Waals surface area (Å²) in [5, 5.41) is 3.00. The van der Waals surface area contributed by atoms with Crippen LogP contribution in [-0.4, -0.2) is 26.9 Å². The average Bonchev–Trinajstić information content (AvgIpc) is 3.25. The third-order valence-corrected chi connectivity index (χ3v) is 4.33. The molecule has 1 aliphatic rings. The Kier molecular flexibility index (Phi) is 3.68. The zero-order valence-corrected chi connectivity index (χ0v) is 13.7. The molecule has 4 rings (SSSR count). The smallest absolute Gasteiger partial charge is 0.273 e. The molecule has 0 spiro atoms. The number of hydrogen-bond donors (Lipinski definition) is 2. The van der Waals surface area contributed by atoms with Gasteiger partial charge in [0.05, 0.1) is 11.9 Å². The van der Waals surface area contributed by atoms with Crippen molar-refractivity contribution in [1.29, 1.82) is 0 Å². The first-order valence-electron chi connectivity index (χ1n) is 8.03. The zero-order valence-electron chi connectivity index (χ0n) is 13.7. The highest BCUT2D eigenvalue weighted by molar-refractivity contribution is 5.97. The van der Waals surface area contributed by atoms with Gasteiger partial charge in [-0.25, -0.2) is 15.0 Å². The second-order valence-corrected chi connectivity index (χ2v) is 6.08. The molecule has 0 bridgehead atoms. The molecule has 25 heavy (non-hydrogen) atoms. The first kappa shape index (κ1) is 15.3. The Hall–Kier alpha value is -3.22. The maximum Gasteiger partial charge on any atom is 0.273 e. The molecule has 2 heterocycles. The highest BCUT2D eigenvalue weighted by Gasteiger charge is 2.25. The molecular formula is C18H17N5O2. The summed E-state index contributed by atoms with van der Waals surface area (Å²) < 4.78 is 5.23. The lowest BCUT2D eigenvalue weighted by Crippen LogP contribution is -2.36. The van der Waals surface area contributed by atoms with Crippen LogP contribution in [0.5, 0.6) is 0 Å². The van der Waals surface area contributed by atoms with Gasteiger partial charge < -0.3 is 15.5 Å². The first-order valence-corrected chi connectivity index (χ1v) is 8.03. The van der Waals surface area contributed by atoms with Crippen LogP contribution in [0.1, 0.15) is 27.3 Å². The molecule has 2 aromatic heterocycles. The van der Waals surface area contributed by atoms with Crippen LogP contribution in [0.3, 0.4) is 0 Å². The van der Waals surface area contributed by atoms with Crippen molar-refractivity contribution >= 4 is 11.7 Å². The van der Waals surface area contributed by atoms with Crippen LogP contribution in [0.15, 0.2) is 41.1 Å². The Morgan fingerprint density at radius 1 is 1.24 bits per heavy atom. The van der Waals surface area contributed by atoms with E-state index in [1.54, 1.807) is 6.92 Å². The topological polar surface area (TPSA) is 107 Å². The average molecular weight is 335 g/mol. The molecule has 0 unspecified atom stereocenters.